The summed E-state index contributed by atoms with van der Waals surface area (Å²) in [5.74, 6) is 1.22. The number of hydrogen-bond donors (Lipinski definition) is 1. The summed E-state index contributed by atoms with van der Waals surface area (Å²) < 4.78 is 5.74. The lowest BCUT2D eigenvalue weighted by molar-refractivity contribution is -0.120. The summed E-state index contributed by atoms with van der Waals surface area (Å²) >= 11 is 5.51. The molecule has 116 valence electrons. The minimum atomic E-state index is -0.0176. The van der Waals surface area contributed by atoms with Gasteiger partial charge in [-0.2, -0.15) is 0 Å². The van der Waals surface area contributed by atoms with Gasteiger partial charge in [0, 0.05) is 25.4 Å². The van der Waals surface area contributed by atoms with Crippen molar-refractivity contribution in [1.29, 1.82) is 0 Å². The maximum atomic E-state index is 11.3. The molecule has 1 amide bonds. The van der Waals surface area contributed by atoms with E-state index in [4.69, 9.17) is 16.3 Å². The van der Waals surface area contributed by atoms with E-state index in [1.54, 1.807) is 0 Å². The summed E-state index contributed by atoms with van der Waals surface area (Å²) in [6.45, 7) is 4.65. The monoisotopic (exact) mass is 310 g/mol. The number of carbonyl (C=O) groups is 1. The van der Waals surface area contributed by atoms with Crippen molar-refractivity contribution in [3.05, 3.63) is 29.8 Å². The largest absolute Gasteiger partial charge is 0.492 e. The van der Waals surface area contributed by atoms with Gasteiger partial charge in [0.25, 0.3) is 0 Å². The summed E-state index contributed by atoms with van der Waals surface area (Å²) in [5.41, 5.74) is 1.06. The molecule has 1 aliphatic heterocycles. The van der Waals surface area contributed by atoms with Gasteiger partial charge in [-0.3, -0.25) is 9.69 Å². The molecule has 1 aromatic carbocycles. The highest BCUT2D eigenvalue weighted by Crippen LogP contribution is 2.13. The van der Waals surface area contributed by atoms with Crippen LogP contribution in [0.25, 0.3) is 0 Å². The minimum absolute atomic E-state index is 0.0176. The molecule has 0 atom stereocenters. The summed E-state index contributed by atoms with van der Waals surface area (Å²) in [7, 11) is 0. The number of halogens is 1. The number of likely N-dealkylation sites (tertiary alicyclic amines) is 1. The highest BCUT2D eigenvalue weighted by molar-refractivity contribution is 6.18. The quantitative estimate of drug-likeness (QED) is 0.750. The van der Waals surface area contributed by atoms with Gasteiger partial charge in [0.05, 0.1) is 0 Å². The van der Waals surface area contributed by atoms with Gasteiger partial charge in [-0.1, -0.05) is 12.1 Å². The van der Waals surface area contributed by atoms with Crippen LogP contribution in [-0.4, -0.2) is 42.9 Å². The standard InChI is InChI=1S/C16H23ClN2O2/c17-8-7-16(20)18-13-14-3-5-15(6-4-14)21-12-11-19-9-1-2-10-19/h3-6H,1-2,7-13H2,(H,18,20). The van der Waals surface area contributed by atoms with E-state index >= 15 is 0 Å². The molecule has 0 bridgehead atoms. The van der Waals surface area contributed by atoms with Crippen LogP contribution >= 0.6 is 11.6 Å². The van der Waals surface area contributed by atoms with Crippen molar-refractivity contribution in [3.8, 4) is 5.75 Å². The Labute approximate surface area is 131 Å². The SMILES string of the molecule is O=C(CCCl)NCc1ccc(OCCN2CCCC2)cc1. The van der Waals surface area contributed by atoms with Gasteiger partial charge >= 0.3 is 0 Å². The number of nitrogens with zero attached hydrogens (tertiary/aromatic N) is 1. The normalized spacial score (nSPS) is 15.1. The third kappa shape index (κ3) is 5.94. The molecule has 0 unspecified atom stereocenters. The Kier molecular flexibility index (Phi) is 6.83. The van der Waals surface area contributed by atoms with Crippen LogP contribution in [0.5, 0.6) is 5.75 Å². The Morgan fingerprint density at radius 1 is 1.24 bits per heavy atom. The Bertz CT molecular complexity index is 430. The van der Waals surface area contributed by atoms with Gasteiger partial charge in [-0.15, -0.1) is 11.6 Å². The van der Waals surface area contributed by atoms with Crippen molar-refractivity contribution >= 4 is 17.5 Å². The van der Waals surface area contributed by atoms with Gasteiger partial charge in [-0.25, -0.2) is 0 Å². The van der Waals surface area contributed by atoms with E-state index in [0.29, 0.717) is 18.8 Å². The van der Waals surface area contributed by atoms with Gasteiger partial charge in [0.1, 0.15) is 12.4 Å². The van der Waals surface area contributed by atoms with Gasteiger partial charge in [0.15, 0.2) is 0 Å². The van der Waals surface area contributed by atoms with Crippen LogP contribution in [0.4, 0.5) is 0 Å². The summed E-state index contributed by atoms with van der Waals surface area (Å²) in [4.78, 5) is 13.8. The molecule has 1 fully saturated rings. The number of benzene rings is 1. The van der Waals surface area contributed by atoms with Crippen LogP contribution in [0.2, 0.25) is 0 Å². The Morgan fingerprint density at radius 2 is 1.95 bits per heavy atom. The van der Waals surface area contributed by atoms with E-state index in [-0.39, 0.29) is 5.91 Å². The number of alkyl halides is 1. The van der Waals surface area contributed by atoms with Crippen molar-refractivity contribution in [2.75, 3.05) is 32.1 Å². The van der Waals surface area contributed by atoms with Crippen LogP contribution in [0.3, 0.4) is 0 Å². The maximum absolute atomic E-state index is 11.3. The lowest BCUT2D eigenvalue weighted by Crippen LogP contribution is -2.25. The van der Waals surface area contributed by atoms with Crippen molar-refractivity contribution in [2.45, 2.75) is 25.8 Å². The Morgan fingerprint density at radius 3 is 2.62 bits per heavy atom. The first-order chi connectivity index (χ1) is 10.3. The smallest absolute Gasteiger partial charge is 0.221 e. The van der Waals surface area contributed by atoms with Crippen LogP contribution < -0.4 is 10.1 Å². The molecule has 1 aromatic rings. The zero-order valence-electron chi connectivity index (χ0n) is 12.3. The maximum Gasteiger partial charge on any atom is 0.221 e. The van der Waals surface area contributed by atoms with Crippen LogP contribution in [0.15, 0.2) is 24.3 Å². The Balaban J connectivity index is 1.67. The number of nitrogens with one attached hydrogen (secondary N) is 1. The first-order valence-corrected chi connectivity index (χ1v) is 8.08. The van der Waals surface area contributed by atoms with E-state index in [1.165, 1.54) is 25.9 Å². The molecule has 5 heteroatoms. The molecule has 0 aliphatic carbocycles. The van der Waals surface area contributed by atoms with Crippen LogP contribution in [0, 0.1) is 0 Å². The third-order valence-electron chi connectivity index (χ3n) is 3.61. The Hall–Kier alpha value is -1.26. The highest BCUT2D eigenvalue weighted by Gasteiger charge is 2.10. The highest BCUT2D eigenvalue weighted by atomic mass is 35.5. The molecule has 0 spiro atoms. The summed E-state index contributed by atoms with van der Waals surface area (Å²) in [6, 6.07) is 7.86. The molecule has 0 radical (unpaired) electrons. The number of ether oxygens (including phenoxy) is 1. The molecule has 0 aromatic heterocycles. The minimum Gasteiger partial charge on any atom is -0.492 e. The zero-order valence-corrected chi connectivity index (χ0v) is 13.1. The molecular formula is C16H23ClN2O2. The second-order valence-corrected chi connectivity index (χ2v) is 5.63. The molecular weight excluding hydrogens is 288 g/mol. The van der Waals surface area contributed by atoms with Gasteiger partial charge in [0.2, 0.25) is 5.91 Å². The molecule has 0 saturated carbocycles. The predicted octanol–water partition coefficient (Wildman–Crippen LogP) is 2.41. The molecule has 1 heterocycles. The van der Waals surface area contributed by atoms with E-state index in [9.17, 15) is 4.79 Å². The van der Waals surface area contributed by atoms with Gasteiger partial charge in [-0.05, 0) is 43.6 Å². The van der Waals surface area contributed by atoms with E-state index in [0.717, 1.165) is 24.5 Å². The molecule has 2 rings (SSSR count). The number of carbonyl (C=O) groups excluding carboxylic acids is 1. The molecule has 21 heavy (non-hydrogen) atoms. The fourth-order valence-electron chi connectivity index (χ4n) is 2.38. The van der Waals surface area contributed by atoms with Crippen LogP contribution in [-0.2, 0) is 11.3 Å². The fraction of sp³-hybridized carbons (Fsp3) is 0.562. The lowest BCUT2D eigenvalue weighted by atomic mass is 10.2. The second kappa shape index (κ2) is 8.90. The van der Waals surface area contributed by atoms with Crippen LogP contribution in [0.1, 0.15) is 24.8 Å². The second-order valence-electron chi connectivity index (χ2n) is 5.26. The summed E-state index contributed by atoms with van der Waals surface area (Å²) in [5, 5.41) is 2.83. The van der Waals surface area contributed by atoms with E-state index in [2.05, 4.69) is 10.2 Å². The van der Waals surface area contributed by atoms with Crippen molar-refractivity contribution in [2.24, 2.45) is 0 Å². The molecule has 1 saturated heterocycles. The number of hydrogen-bond acceptors (Lipinski definition) is 3. The molecule has 4 nitrogen and oxygen atoms in total. The van der Waals surface area contributed by atoms with E-state index in [1.807, 2.05) is 24.3 Å². The average molecular weight is 311 g/mol. The number of amides is 1. The molecule has 1 aliphatic rings. The van der Waals surface area contributed by atoms with Crippen molar-refractivity contribution in [3.63, 3.8) is 0 Å². The van der Waals surface area contributed by atoms with Crippen molar-refractivity contribution < 1.29 is 9.53 Å². The lowest BCUT2D eigenvalue weighted by Gasteiger charge is -2.15. The third-order valence-corrected chi connectivity index (χ3v) is 3.80. The fourth-order valence-corrected chi connectivity index (χ4v) is 2.55. The zero-order chi connectivity index (χ0) is 14.9. The first kappa shape index (κ1) is 16.1. The summed E-state index contributed by atoms with van der Waals surface area (Å²) in [6.07, 6.45) is 2.98. The average Bonchev–Trinajstić information content (AvgIpc) is 3.00. The first-order valence-electron chi connectivity index (χ1n) is 7.54. The molecule has 1 N–H and O–H groups in total. The van der Waals surface area contributed by atoms with Gasteiger partial charge < -0.3 is 10.1 Å². The van der Waals surface area contributed by atoms with E-state index < -0.39 is 0 Å². The number of rotatable bonds is 8. The predicted molar refractivity (Wildman–Crippen MR) is 84.8 cm³/mol. The topological polar surface area (TPSA) is 41.6 Å². The van der Waals surface area contributed by atoms with Crippen molar-refractivity contribution in [1.82, 2.24) is 10.2 Å².